The van der Waals surface area contributed by atoms with Crippen molar-refractivity contribution in [1.29, 1.82) is 0 Å². The number of nitrogens with one attached hydrogen (secondary N) is 1. The molecule has 0 aliphatic carbocycles. The largest absolute Gasteiger partial charge is 0.480 e. The number of pyridine rings is 1. The van der Waals surface area contributed by atoms with E-state index in [9.17, 15) is 24.8 Å². The number of rotatable bonds is 6. The van der Waals surface area contributed by atoms with Gasteiger partial charge in [-0.25, -0.2) is 14.6 Å². The third kappa shape index (κ3) is 5.20. The molecule has 2 N–H and O–H groups in total. The molecule has 0 spiro atoms. The Balaban J connectivity index is 2.06. The summed E-state index contributed by atoms with van der Waals surface area (Å²) in [4.78, 5) is 39.4. The number of carbonyl (C=O) groups excluding carboxylic acids is 1. The molecule has 0 radical (unpaired) electrons. The number of alkyl carbamates (subject to hydrolysis) is 1. The molecular formula is C22H24N4O6. The van der Waals surface area contributed by atoms with Crippen molar-refractivity contribution in [2.24, 2.45) is 0 Å². The number of carboxylic acid groups (broad SMARTS) is 1. The molecule has 3 rings (SSSR count). The zero-order valence-corrected chi connectivity index (χ0v) is 18.2. The smallest absolute Gasteiger partial charge is 0.408 e. The number of aromatic nitrogens is 2. The molecule has 168 valence electrons. The van der Waals surface area contributed by atoms with E-state index in [0.717, 1.165) is 5.56 Å². The van der Waals surface area contributed by atoms with Crippen LogP contribution in [0.25, 0.3) is 16.9 Å². The molecule has 3 aromatic rings. The second-order valence-corrected chi connectivity index (χ2v) is 8.39. The molecule has 2 aromatic heterocycles. The van der Waals surface area contributed by atoms with Gasteiger partial charge in [-0.15, -0.1) is 0 Å². The van der Waals surface area contributed by atoms with E-state index in [1.54, 1.807) is 43.5 Å². The number of non-ortho nitro benzene ring substituents is 1. The monoisotopic (exact) mass is 440 g/mol. The number of benzene rings is 1. The van der Waals surface area contributed by atoms with Crippen molar-refractivity contribution in [3.05, 3.63) is 64.0 Å². The van der Waals surface area contributed by atoms with Crippen LogP contribution in [-0.2, 0) is 16.0 Å². The standard InChI is InChI=1S/C22H24N4O6/c1-13-8-9-25-17(12-16(20(27)28)23-21(29)32-22(2,3)4)19(24-18(25)10-13)14-6-5-7-15(11-14)26(30)31/h5-11,16H,12H2,1-4H3,(H,23,29)(H,27,28). The fraction of sp³-hybridized carbons (Fsp3) is 0.318. The third-order valence-electron chi connectivity index (χ3n) is 4.60. The minimum absolute atomic E-state index is 0.108. The highest BCUT2D eigenvalue weighted by molar-refractivity contribution is 5.81. The Bertz CT molecular complexity index is 1190. The van der Waals surface area contributed by atoms with Crippen LogP contribution >= 0.6 is 0 Å². The Morgan fingerprint density at radius 2 is 2.00 bits per heavy atom. The average Bonchev–Trinajstić information content (AvgIpc) is 3.03. The van der Waals surface area contributed by atoms with Crippen molar-refractivity contribution in [2.45, 2.75) is 45.8 Å². The van der Waals surface area contributed by atoms with E-state index in [0.29, 0.717) is 22.6 Å². The van der Waals surface area contributed by atoms with Crippen LogP contribution in [0.5, 0.6) is 0 Å². The summed E-state index contributed by atoms with van der Waals surface area (Å²) in [5, 5.41) is 23.3. The first kappa shape index (κ1) is 22.7. The topological polar surface area (TPSA) is 136 Å². The van der Waals surface area contributed by atoms with Crippen molar-refractivity contribution < 1.29 is 24.4 Å². The summed E-state index contributed by atoms with van der Waals surface area (Å²) in [5.74, 6) is -1.25. The zero-order valence-electron chi connectivity index (χ0n) is 18.2. The van der Waals surface area contributed by atoms with Crippen LogP contribution in [0.3, 0.4) is 0 Å². The SMILES string of the molecule is Cc1ccn2c(CC(NC(=O)OC(C)(C)C)C(=O)O)c(-c3cccc([N+](=O)[O-])c3)nc2c1. The quantitative estimate of drug-likeness (QED) is 0.440. The van der Waals surface area contributed by atoms with Gasteiger partial charge in [0, 0.05) is 30.3 Å². The summed E-state index contributed by atoms with van der Waals surface area (Å²) < 4.78 is 6.90. The minimum atomic E-state index is -1.30. The number of ether oxygens (including phenoxy) is 1. The highest BCUT2D eigenvalue weighted by Crippen LogP contribution is 2.29. The Morgan fingerprint density at radius 1 is 1.28 bits per heavy atom. The molecule has 32 heavy (non-hydrogen) atoms. The van der Waals surface area contributed by atoms with Crippen molar-refractivity contribution in [1.82, 2.24) is 14.7 Å². The number of carbonyl (C=O) groups is 2. The highest BCUT2D eigenvalue weighted by atomic mass is 16.6. The van der Waals surface area contributed by atoms with Gasteiger partial charge >= 0.3 is 12.1 Å². The van der Waals surface area contributed by atoms with Crippen LogP contribution in [0.2, 0.25) is 0 Å². The van der Waals surface area contributed by atoms with Gasteiger partial charge in [0.05, 0.1) is 16.3 Å². The van der Waals surface area contributed by atoms with Gasteiger partial charge in [-0.1, -0.05) is 12.1 Å². The number of hydrogen-bond acceptors (Lipinski definition) is 6. The second kappa shape index (κ2) is 8.66. The van der Waals surface area contributed by atoms with Crippen molar-refractivity contribution in [3.8, 4) is 11.3 Å². The molecule has 0 saturated heterocycles. The molecule has 1 aromatic carbocycles. The fourth-order valence-electron chi connectivity index (χ4n) is 3.23. The third-order valence-corrected chi connectivity index (χ3v) is 4.60. The molecule has 0 bridgehead atoms. The van der Waals surface area contributed by atoms with E-state index in [-0.39, 0.29) is 12.1 Å². The minimum Gasteiger partial charge on any atom is -0.480 e. The van der Waals surface area contributed by atoms with E-state index < -0.39 is 28.6 Å². The lowest BCUT2D eigenvalue weighted by atomic mass is 10.0. The molecule has 10 heteroatoms. The number of nitro benzene ring substituents is 1. The van der Waals surface area contributed by atoms with Crippen LogP contribution in [0.1, 0.15) is 32.0 Å². The summed E-state index contributed by atoms with van der Waals surface area (Å²) in [6.07, 6.45) is 0.781. The normalized spacial score (nSPS) is 12.4. The number of nitro groups is 1. The summed E-state index contributed by atoms with van der Waals surface area (Å²) in [6.45, 7) is 6.92. The molecule has 0 fully saturated rings. The van der Waals surface area contributed by atoms with Crippen LogP contribution in [-0.4, -0.2) is 43.1 Å². The summed E-state index contributed by atoms with van der Waals surface area (Å²) in [6, 6.07) is 8.32. The number of imidazole rings is 1. The van der Waals surface area contributed by atoms with Crippen LogP contribution in [0, 0.1) is 17.0 Å². The number of nitrogens with zero attached hydrogens (tertiary/aromatic N) is 3. The second-order valence-electron chi connectivity index (χ2n) is 8.39. The van der Waals surface area contributed by atoms with Gasteiger partial charge in [0.2, 0.25) is 0 Å². The van der Waals surface area contributed by atoms with E-state index in [1.165, 1.54) is 12.1 Å². The number of amides is 1. The Morgan fingerprint density at radius 3 is 2.62 bits per heavy atom. The van der Waals surface area contributed by atoms with Gasteiger partial charge in [-0.05, 0) is 45.4 Å². The van der Waals surface area contributed by atoms with E-state index in [4.69, 9.17) is 4.74 Å². The summed E-state index contributed by atoms with van der Waals surface area (Å²) >= 11 is 0. The number of fused-ring (bicyclic) bond motifs is 1. The molecule has 1 atom stereocenters. The molecule has 2 heterocycles. The van der Waals surface area contributed by atoms with Gasteiger partial charge in [0.15, 0.2) is 0 Å². The van der Waals surface area contributed by atoms with Gasteiger partial charge in [-0.3, -0.25) is 10.1 Å². The van der Waals surface area contributed by atoms with Gasteiger partial charge in [-0.2, -0.15) is 0 Å². The molecule has 1 unspecified atom stereocenters. The maximum absolute atomic E-state index is 12.2. The zero-order chi connectivity index (χ0) is 23.6. The van der Waals surface area contributed by atoms with Crippen molar-refractivity contribution in [3.63, 3.8) is 0 Å². The lowest BCUT2D eigenvalue weighted by molar-refractivity contribution is -0.384. The predicted octanol–water partition coefficient (Wildman–Crippen LogP) is 3.74. The number of carboxylic acids is 1. The fourth-order valence-corrected chi connectivity index (χ4v) is 3.23. The summed E-state index contributed by atoms with van der Waals surface area (Å²) in [5.41, 5.74) is 1.97. The summed E-state index contributed by atoms with van der Waals surface area (Å²) in [7, 11) is 0. The lowest BCUT2D eigenvalue weighted by Crippen LogP contribution is -2.44. The van der Waals surface area contributed by atoms with Gasteiger partial charge < -0.3 is 19.6 Å². The lowest BCUT2D eigenvalue weighted by Gasteiger charge is -2.22. The van der Waals surface area contributed by atoms with Crippen LogP contribution in [0.15, 0.2) is 42.6 Å². The predicted molar refractivity (Wildman–Crippen MR) is 117 cm³/mol. The van der Waals surface area contributed by atoms with Crippen LogP contribution in [0.4, 0.5) is 10.5 Å². The first-order chi connectivity index (χ1) is 14.9. The maximum atomic E-state index is 12.2. The highest BCUT2D eigenvalue weighted by Gasteiger charge is 2.27. The number of hydrogen-bond donors (Lipinski definition) is 2. The first-order valence-electron chi connectivity index (χ1n) is 9.89. The number of aryl methyl sites for hydroxylation is 1. The Kier molecular flexibility index (Phi) is 6.15. The Hall–Kier alpha value is -3.95. The molecule has 0 aliphatic heterocycles. The molecule has 0 saturated carbocycles. The van der Waals surface area contributed by atoms with E-state index in [2.05, 4.69) is 10.3 Å². The molecular weight excluding hydrogens is 416 g/mol. The van der Waals surface area contributed by atoms with Gasteiger partial charge in [0.1, 0.15) is 17.3 Å². The molecule has 10 nitrogen and oxygen atoms in total. The van der Waals surface area contributed by atoms with E-state index >= 15 is 0 Å². The molecule has 1 amide bonds. The van der Waals surface area contributed by atoms with E-state index in [1.807, 2.05) is 19.1 Å². The van der Waals surface area contributed by atoms with Gasteiger partial charge in [0.25, 0.3) is 5.69 Å². The van der Waals surface area contributed by atoms with Crippen LogP contribution < -0.4 is 5.32 Å². The Labute approximate surface area is 184 Å². The maximum Gasteiger partial charge on any atom is 0.408 e. The first-order valence-corrected chi connectivity index (χ1v) is 9.89. The van der Waals surface area contributed by atoms with Crippen molar-refractivity contribution in [2.75, 3.05) is 0 Å². The average molecular weight is 440 g/mol. The van der Waals surface area contributed by atoms with Crippen molar-refractivity contribution >= 4 is 23.4 Å². The molecule has 0 aliphatic rings. The number of aliphatic carboxylic acids is 1.